The van der Waals surface area contributed by atoms with Crippen LogP contribution in [-0.4, -0.2) is 15.6 Å². The lowest BCUT2D eigenvalue weighted by atomic mass is 9.84. The third kappa shape index (κ3) is 2.73. The Labute approximate surface area is 121 Å². The number of aromatic nitrogens is 2. The predicted molar refractivity (Wildman–Crippen MR) is 83.6 cm³/mol. The minimum atomic E-state index is 0.675. The number of fused-ring (bicyclic) bond motifs is 1. The van der Waals surface area contributed by atoms with Crippen LogP contribution in [0.5, 0.6) is 0 Å². The number of hydrogen-bond acceptors (Lipinski definition) is 2. The molecule has 1 saturated carbocycles. The highest BCUT2D eigenvalue weighted by Gasteiger charge is 2.20. The molecule has 2 aromatic rings. The maximum Gasteiger partial charge on any atom is 0.123 e. The standard InChI is InChI=1S/C17H25N3/c1-3-13-7-6-8-14(11-13)18-12-17-19-15-9-4-5-10-16(15)20(17)2/h4-5,9-10,13-14,18H,3,6-8,11-12H2,1-2H3. The Morgan fingerprint density at radius 1 is 1.30 bits per heavy atom. The fourth-order valence-corrected chi connectivity index (χ4v) is 3.44. The number of benzene rings is 1. The molecule has 0 radical (unpaired) electrons. The number of nitrogens with zero attached hydrogens (tertiary/aromatic N) is 2. The predicted octanol–water partition coefficient (Wildman–Crippen LogP) is 3.63. The minimum absolute atomic E-state index is 0.675. The molecule has 3 nitrogen and oxygen atoms in total. The molecule has 0 spiro atoms. The van der Waals surface area contributed by atoms with E-state index in [1.165, 1.54) is 37.6 Å². The molecule has 1 aromatic carbocycles. The van der Waals surface area contributed by atoms with Gasteiger partial charge in [-0.2, -0.15) is 0 Å². The van der Waals surface area contributed by atoms with Crippen molar-refractivity contribution in [3.05, 3.63) is 30.1 Å². The molecule has 1 aromatic heterocycles. The summed E-state index contributed by atoms with van der Waals surface area (Å²) in [4.78, 5) is 4.74. The molecule has 1 fully saturated rings. The van der Waals surface area contributed by atoms with Crippen molar-refractivity contribution in [1.29, 1.82) is 0 Å². The van der Waals surface area contributed by atoms with Gasteiger partial charge in [0.25, 0.3) is 0 Å². The Bertz CT molecular complexity index is 573. The van der Waals surface area contributed by atoms with Crippen LogP contribution in [0.1, 0.15) is 44.9 Å². The average molecular weight is 271 g/mol. The van der Waals surface area contributed by atoms with Crippen LogP contribution in [0.2, 0.25) is 0 Å². The zero-order chi connectivity index (χ0) is 13.9. The molecule has 108 valence electrons. The SMILES string of the molecule is CCC1CCCC(NCc2nc3ccccc3n2C)C1. The summed E-state index contributed by atoms with van der Waals surface area (Å²) in [5.41, 5.74) is 2.32. The second-order valence-corrected chi connectivity index (χ2v) is 6.09. The minimum Gasteiger partial charge on any atom is -0.330 e. The fraction of sp³-hybridized carbons (Fsp3) is 0.588. The van der Waals surface area contributed by atoms with Crippen molar-refractivity contribution >= 4 is 11.0 Å². The summed E-state index contributed by atoms with van der Waals surface area (Å²) in [6, 6.07) is 9.04. The first kappa shape index (κ1) is 13.6. The van der Waals surface area contributed by atoms with Gasteiger partial charge in [0.1, 0.15) is 5.82 Å². The lowest BCUT2D eigenvalue weighted by Crippen LogP contribution is -2.34. The van der Waals surface area contributed by atoms with Crippen molar-refractivity contribution in [1.82, 2.24) is 14.9 Å². The van der Waals surface area contributed by atoms with E-state index in [-0.39, 0.29) is 0 Å². The summed E-state index contributed by atoms with van der Waals surface area (Å²) in [7, 11) is 2.11. The van der Waals surface area contributed by atoms with Crippen LogP contribution in [0.15, 0.2) is 24.3 Å². The van der Waals surface area contributed by atoms with Crippen LogP contribution in [0.3, 0.4) is 0 Å². The molecule has 0 aliphatic heterocycles. The zero-order valence-electron chi connectivity index (χ0n) is 12.6. The van der Waals surface area contributed by atoms with Crippen molar-refractivity contribution in [3.63, 3.8) is 0 Å². The summed E-state index contributed by atoms with van der Waals surface area (Å²) in [5.74, 6) is 2.06. The van der Waals surface area contributed by atoms with E-state index in [4.69, 9.17) is 4.98 Å². The molecule has 0 saturated heterocycles. The van der Waals surface area contributed by atoms with E-state index >= 15 is 0 Å². The maximum atomic E-state index is 4.74. The zero-order valence-corrected chi connectivity index (χ0v) is 12.6. The van der Waals surface area contributed by atoms with E-state index in [1.807, 2.05) is 0 Å². The van der Waals surface area contributed by atoms with E-state index in [9.17, 15) is 0 Å². The van der Waals surface area contributed by atoms with Gasteiger partial charge in [0.15, 0.2) is 0 Å². The molecular formula is C17H25N3. The molecule has 2 atom stereocenters. The van der Waals surface area contributed by atoms with Gasteiger partial charge in [0.2, 0.25) is 0 Å². The third-order valence-electron chi connectivity index (χ3n) is 4.79. The van der Waals surface area contributed by atoms with E-state index in [1.54, 1.807) is 0 Å². The van der Waals surface area contributed by atoms with Crippen LogP contribution in [-0.2, 0) is 13.6 Å². The van der Waals surface area contributed by atoms with Gasteiger partial charge in [-0.05, 0) is 30.9 Å². The van der Waals surface area contributed by atoms with Gasteiger partial charge in [0, 0.05) is 13.1 Å². The largest absolute Gasteiger partial charge is 0.330 e. The smallest absolute Gasteiger partial charge is 0.123 e. The number of hydrogen-bond donors (Lipinski definition) is 1. The van der Waals surface area contributed by atoms with Gasteiger partial charge in [-0.1, -0.05) is 38.3 Å². The van der Waals surface area contributed by atoms with Gasteiger partial charge in [-0.25, -0.2) is 4.98 Å². The summed E-state index contributed by atoms with van der Waals surface area (Å²) in [5, 5.41) is 3.72. The Kier molecular flexibility index (Phi) is 4.06. The van der Waals surface area contributed by atoms with E-state index in [0.29, 0.717) is 6.04 Å². The molecular weight excluding hydrogens is 246 g/mol. The van der Waals surface area contributed by atoms with Crippen molar-refractivity contribution < 1.29 is 0 Å². The molecule has 20 heavy (non-hydrogen) atoms. The first-order valence-corrected chi connectivity index (χ1v) is 7.91. The van der Waals surface area contributed by atoms with Gasteiger partial charge in [-0.3, -0.25) is 0 Å². The highest BCUT2D eigenvalue weighted by Crippen LogP contribution is 2.26. The lowest BCUT2D eigenvalue weighted by molar-refractivity contribution is 0.276. The molecule has 1 heterocycles. The Morgan fingerprint density at radius 3 is 2.95 bits per heavy atom. The van der Waals surface area contributed by atoms with Crippen molar-refractivity contribution in [3.8, 4) is 0 Å². The molecule has 0 bridgehead atoms. The van der Waals surface area contributed by atoms with Gasteiger partial charge in [0.05, 0.1) is 17.6 Å². The first-order valence-electron chi connectivity index (χ1n) is 7.91. The molecule has 1 aliphatic rings. The van der Waals surface area contributed by atoms with E-state index < -0.39 is 0 Å². The first-order chi connectivity index (χ1) is 9.78. The normalized spacial score (nSPS) is 23.3. The number of aryl methyl sites for hydroxylation is 1. The molecule has 1 N–H and O–H groups in total. The fourth-order valence-electron chi connectivity index (χ4n) is 3.44. The summed E-state index contributed by atoms with van der Waals surface area (Å²) in [6.07, 6.45) is 6.77. The van der Waals surface area contributed by atoms with Gasteiger partial charge >= 0.3 is 0 Å². The number of rotatable bonds is 4. The number of para-hydroxylation sites is 2. The van der Waals surface area contributed by atoms with E-state index in [0.717, 1.165) is 23.8 Å². The second kappa shape index (κ2) is 5.96. The summed E-state index contributed by atoms with van der Waals surface area (Å²) >= 11 is 0. The Balaban J connectivity index is 1.66. The average Bonchev–Trinajstić information content (AvgIpc) is 2.82. The maximum absolute atomic E-state index is 4.74. The molecule has 3 heteroatoms. The highest BCUT2D eigenvalue weighted by atomic mass is 15.1. The topological polar surface area (TPSA) is 29.9 Å². The van der Waals surface area contributed by atoms with E-state index in [2.05, 4.69) is 48.1 Å². The number of imidazole rings is 1. The van der Waals surface area contributed by atoms with Gasteiger partial charge < -0.3 is 9.88 Å². The molecule has 0 amide bonds. The van der Waals surface area contributed by atoms with Crippen LogP contribution >= 0.6 is 0 Å². The van der Waals surface area contributed by atoms with Crippen molar-refractivity contribution in [2.45, 2.75) is 51.6 Å². The van der Waals surface area contributed by atoms with Crippen molar-refractivity contribution in [2.24, 2.45) is 13.0 Å². The monoisotopic (exact) mass is 271 g/mol. The Hall–Kier alpha value is -1.35. The highest BCUT2D eigenvalue weighted by molar-refractivity contribution is 5.75. The quantitative estimate of drug-likeness (QED) is 0.920. The summed E-state index contributed by atoms with van der Waals surface area (Å²) < 4.78 is 2.21. The van der Waals surface area contributed by atoms with Crippen molar-refractivity contribution in [2.75, 3.05) is 0 Å². The second-order valence-electron chi connectivity index (χ2n) is 6.09. The number of nitrogens with one attached hydrogen (secondary N) is 1. The Morgan fingerprint density at radius 2 is 2.15 bits per heavy atom. The van der Waals surface area contributed by atoms with Crippen LogP contribution < -0.4 is 5.32 Å². The third-order valence-corrected chi connectivity index (χ3v) is 4.79. The molecule has 3 rings (SSSR count). The van der Waals surface area contributed by atoms with Crippen LogP contribution in [0, 0.1) is 5.92 Å². The summed E-state index contributed by atoms with van der Waals surface area (Å²) in [6.45, 7) is 3.20. The van der Waals surface area contributed by atoms with Crippen LogP contribution in [0.25, 0.3) is 11.0 Å². The lowest BCUT2D eigenvalue weighted by Gasteiger charge is -2.29. The molecule has 2 unspecified atom stereocenters. The van der Waals surface area contributed by atoms with Gasteiger partial charge in [-0.15, -0.1) is 0 Å². The molecule has 1 aliphatic carbocycles. The van der Waals surface area contributed by atoms with Crippen LogP contribution in [0.4, 0.5) is 0 Å².